The van der Waals surface area contributed by atoms with E-state index in [-0.39, 0.29) is 0 Å². The minimum Gasteiger partial charge on any atom is -0.342 e. The summed E-state index contributed by atoms with van der Waals surface area (Å²) in [5.41, 5.74) is 3.07. The van der Waals surface area contributed by atoms with Crippen LogP contribution in [0.5, 0.6) is 0 Å². The van der Waals surface area contributed by atoms with Gasteiger partial charge in [-0.05, 0) is 49.2 Å². The lowest BCUT2D eigenvalue weighted by molar-refractivity contribution is 0.875. The van der Waals surface area contributed by atoms with Gasteiger partial charge in [-0.1, -0.05) is 35.3 Å². The Morgan fingerprint density at radius 2 is 1.38 bits per heavy atom. The van der Waals surface area contributed by atoms with Crippen LogP contribution in [0.15, 0.2) is 54.7 Å². The summed E-state index contributed by atoms with van der Waals surface area (Å²) in [5, 5.41) is 1.47. The van der Waals surface area contributed by atoms with Crippen molar-refractivity contribution >= 4 is 29.2 Å². The molecule has 0 bridgehead atoms. The lowest BCUT2D eigenvalue weighted by Crippen LogP contribution is -2.21. The third kappa shape index (κ3) is 3.02. The lowest BCUT2D eigenvalue weighted by Gasteiger charge is -2.18. The molecule has 0 spiro atoms. The first-order valence-electron chi connectivity index (χ1n) is 8.07. The van der Waals surface area contributed by atoms with Gasteiger partial charge in [0.25, 0.3) is 0 Å². The molecule has 2 heterocycles. The summed E-state index contributed by atoms with van der Waals surface area (Å²) in [6, 6.07) is 15.7. The first-order chi connectivity index (χ1) is 11.7. The van der Waals surface area contributed by atoms with Crippen molar-refractivity contribution in [2.75, 3.05) is 18.0 Å². The van der Waals surface area contributed by atoms with E-state index < -0.39 is 0 Å². The van der Waals surface area contributed by atoms with Crippen LogP contribution in [0.25, 0.3) is 16.9 Å². The van der Waals surface area contributed by atoms with E-state index in [1.807, 2.05) is 48.5 Å². The summed E-state index contributed by atoms with van der Waals surface area (Å²) < 4.78 is 2.14. The van der Waals surface area contributed by atoms with Gasteiger partial charge in [-0.15, -0.1) is 0 Å². The number of halogens is 2. The molecule has 0 aliphatic carbocycles. The standard InChI is InChI=1S/C19H17Cl2N3/c20-15-5-3-14(4-6-15)18-13-24(17-9-7-16(21)8-10-17)19(22-18)23-11-1-2-12-23/h3-10,13H,1-2,11-12H2. The predicted octanol–water partition coefficient (Wildman–Crippen LogP) is 5.45. The number of benzene rings is 2. The summed E-state index contributed by atoms with van der Waals surface area (Å²) in [6.07, 6.45) is 4.51. The number of anilines is 1. The van der Waals surface area contributed by atoms with Crippen molar-refractivity contribution < 1.29 is 0 Å². The number of nitrogens with zero attached hydrogens (tertiary/aromatic N) is 3. The summed E-state index contributed by atoms with van der Waals surface area (Å²) >= 11 is 12.0. The molecule has 3 aromatic rings. The second kappa shape index (κ2) is 6.50. The van der Waals surface area contributed by atoms with Crippen LogP contribution in [0.3, 0.4) is 0 Å². The van der Waals surface area contributed by atoms with Crippen LogP contribution >= 0.6 is 23.2 Å². The third-order valence-corrected chi connectivity index (χ3v) is 4.82. The molecule has 0 radical (unpaired) electrons. The van der Waals surface area contributed by atoms with Crippen molar-refractivity contribution in [3.05, 3.63) is 64.8 Å². The van der Waals surface area contributed by atoms with E-state index in [9.17, 15) is 0 Å². The number of rotatable bonds is 3. The molecule has 24 heavy (non-hydrogen) atoms. The summed E-state index contributed by atoms with van der Waals surface area (Å²) in [7, 11) is 0. The van der Waals surface area contributed by atoms with Crippen molar-refractivity contribution in [2.45, 2.75) is 12.8 Å². The third-order valence-electron chi connectivity index (χ3n) is 4.32. The Morgan fingerprint density at radius 1 is 0.792 bits per heavy atom. The monoisotopic (exact) mass is 357 g/mol. The fourth-order valence-electron chi connectivity index (χ4n) is 3.06. The highest BCUT2D eigenvalue weighted by molar-refractivity contribution is 6.30. The predicted molar refractivity (Wildman–Crippen MR) is 100 cm³/mol. The largest absolute Gasteiger partial charge is 0.342 e. The Balaban J connectivity index is 1.80. The van der Waals surface area contributed by atoms with E-state index in [1.54, 1.807) is 0 Å². The first-order valence-corrected chi connectivity index (χ1v) is 8.82. The van der Waals surface area contributed by atoms with Gasteiger partial charge < -0.3 is 4.90 Å². The molecule has 0 saturated carbocycles. The molecular weight excluding hydrogens is 341 g/mol. The van der Waals surface area contributed by atoms with Crippen molar-refractivity contribution in [3.8, 4) is 16.9 Å². The van der Waals surface area contributed by atoms with E-state index in [0.29, 0.717) is 0 Å². The fraction of sp³-hybridized carbons (Fsp3) is 0.211. The van der Waals surface area contributed by atoms with Gasteiger partial charge in [-0.2, -0.15) is 0 Å². The second-order valence-electron chi connectivity index (χ2n) is 5.97. The van der Waals surface area contributed by atoms with E-state index in [0.717, 1.165) is 46.0 Å². The Morgan fingerprint density at radius 3 is 2.00 bits per heavy atom. The molecule has 1 saturated heterocycles. The molecule has 4 rings (SSSR count). The van der Waals surface area contributed by atoms with E-state index in [2.05, 4.69) is 15.7 Å². The van der Waals surface area contributed by atoms with Crippen LogP contribution in [-0.2, 0) is 0 Å². The quantitative estimate of drug-likeness (QED) is 0.621. The maximum Gasteiger partial charge on any atom is 0.210 e. The molecule has 1 aliphatic rings. The number of hydrogen-bond donors (Lipinski definition) is 0. The Labute approximate surface area is 151 Å². The minimum absolute atomic E-state index is 0.732. The summed E-state index contributed by atoms with van der Waals surface area (Å²) in [6.45, 7) is 2.09. The lowest BCUT2D eigenvalue weighted by atomic mass is 10.2. The SMILES string of the molecule is Clc1ccc(-c2cn(-c3ccc(Cl)cc3)c(N3CCCC3)n2)cc1. The molecule has 3 nitrogen and oxygen atoms in total. The average Bonchev–Trinajstić information content (AvgIpc) is 3.25. The molecule has 0 amide bonds. The molecule has 5 heteroatoms. The van der Waals surface area contributed by atoms with Crippen molar-refractivity contribution in [2.24, 2.45) is 0 Å². The molecule has 122 valence electrons. The summed E-state index contributed by atoms with van der Waals surface area (Å²) in [5.74, 6) is 0.986. The Hall–Kier alpha value is -1.97. The van der Waals surface area contributed by atoms with E-state index >= 15 is 0 Å². The van der Waals surface area contributed by atoms with Gasteiger partial charge in [0, 0.05) is 40.6 Å². The highest BCUT2D eigenvalue weighted by Gasteiger charge is 2.20. The van der Waals surface area contributed by atoms with Crippen molar-refractivity contribution in [1.29, 1.82) is 0 Å². The molecule has 0 unspecified atom stereocenters. The number of aromatic nitrogens is 2. The van der Waals surface area contributed by atoms with Gasteiger partial charge in [0.2, 0.25) is 5.95 Å². The second-order valence-corrected chi connectivity index (χ2v) is 6.85. The van der Waals surface area contributed by atoms with E-state index in [1.165, 1.54) is 12.8 Å². The average molecular weight is 358 g/mol. The summed E-state index contributed by atoms with van der Waals surface area (Å²) in [4.78, 5) is 7.25. The molecule has 0 N–H and O–H groups in total. The van der Waals surface area contributed by atoms with Gasteiger partial charge in [0.15, 0.2) is 0 Å². The molecule has 2 aromatic carbocycles. The van der Waals surface area contributed by atoms with Crippen molar-refractivity contribution in [1.82, 2.24) is 9.55 Å². The molecular formula is C19H17Cl2N3. The van der Waals surface area contributed by atoms with Gasteiger partial charge in [-0.3, -0.25) is 4.57 Å². The van der Waals surface area contributed by atoms with Crippen LogP contribution in [0.4, 0.5) is 5.95 Å². The van der Waals surface area contributed by atoms with Crippen molar-refractivity contribution in [3.63, 3.8) is 0 Å². The highest BCUT2D eigenvalue weighted by atomic mass is 35.5. The number of hydrogen-bond acceptors (Lipinski definition) is 2. The van der Waals surface area contributed by atoms with Crippen LogP contribution in [0.2, 0.25) is 10.0 Å². The first kappa shape index (κ1) is 15.6. The van der Waals surface area contributed by atoms with Crippen LogP contribution in [0.1, 0.15) is 12.8 Å². The zero-order valence-electron chi connectivity index (χ0n) is 13.1. The van der Waals surface area contributed by atoms with Crippen LogP contribution in [-0.4, -0.2) is 22.6 Å². The topological polar surface area (TPSA) is 21.1 Å². The zero-order chi connectivity index (χ0) is 16.5. The highest BCUT2D eigenvalue weighted by Crippen LogP contribution is 2.29. The molecule has 1 aromatic heterocycles. The van der Waals surface area contributed by atoms with Crippen LogP contribution < -0.4 is 4.90 Å². The van der Waals surface area contributed by atoms with E-state index in [4.69, 9.17) is 28.2 Å². The minimum atomic E-state index is 0.732. The normalized spacial score (nSPS) is 14.3. The number of imidazole rings is 1. The smallest absolute Gasteiger partial charge is 0.210 e. The van der Waals surface area contributed by atoms with Gasteiger partial charge in [-0.25, -0.2) is 4.98 Å². The van der Waals surface area contributed by atoms with Gasteiger partial charge in [0.1, 0.15) is 0 Å². The molecule has 1 fully saturated rings. The molecule has 0 atom stereocenters. The fourth-order valence-corrected chi connectivity index (χ4v) is 3.31. The Bertz CT molecular complexity index is 832. The Kier molecular flexibility index (Phi) is 4.21. The maximum absolute atomic E-state index is 6.03. The zero-order valence-corrected chi connectivity index (χ0v) is 14.6. The van der Waals surface area contributed by atoms with Gasteiger partial charge in [0.05, 0.1) is 5.69 Å². The molecule has 1 aliphatic heterocycles. The van der Waals surface area contributed by atoms with Crippen LogP contribution in [0, 0.1) is 0 Å². The maximum atomic E-state index is 6.03. The van der Waals surface area contributed by atoms with Gasteiger partial charge >= 0.3 is 0 Å².